The number of carbonyl (C=O) groups excluding carboxylic acids is 2. The van der Waals surface area contributed by atoms with Crippen LogP contribution in [-0.4, -0.2) is 35.4 Å². The maximum Gasteiger partial charge on any atom is 0.468 e. The predicted molar refractivity (Wildman–Crippen MR) is 76.3 cm³/mol. The Kier molecular flexibility index (Phi) is 5.53. The van der Waals surface area contributed by atoms with Gasteiger partial charge in [0.05, 0.1) is 13.7 Å². The van der Waals surface area contributed by atoms with Crippen LogP contribution in [0.25, 0.3) is 0 Å². The Morgan fingerprint density at radius 3 is 2.48 bits per heavy atom. The second kappa shape index (κ2) is 7.22. The molecule has 126 valence electrons. The van der Waals surface area contributed by atoms with E-state index in [1.807, 2.05) is 0 Å². The van der Waals surface area contributed by atoms with Gasteiger partial charge >= 0.3 is 5.51 Å². The van der Waals surface area contributed by atoms with Crippen LogP contribution in [0.15, 0.2) is 24.3 Å². The Hall–Kier alpha value is -1.74. The zero-order valence-corrected chi connectivity index (χ0v) is 12.9. The standard InChI is InChI=1S/C14H14F3NO4S/c1-21-10-4-2-9(3-5-10)8-18-12(19)7-6-11(13(18)20)22-23-14(15,16)17/h2-5,11H,6-8H2,1H3. The highest BCUT2D eigenvalue weighted by molar-refractivity contribution is 7.95. The molecule has 0 saturated carbocycles. The molecule has 1 heterocycles. The lowest BCUT2D eigenvalue weighted by Crippen LogP contribution is -2.47. The van der Waals surface area contributed by atoms with Gasteiger partial charge in [0.25, 0.3) is 5.91 Å². The highest BCUT2D eigenvalue weighted by atomic mass is 32.2. The summed E-state index contributed by atoms with van der Waals surface area (Å²) in [5.41, 5.74) is -3.93. The predicted octanol–water partition coefficient (Wildman–Crippen LogP) is 2.90. The van der Waals surface area contributed by atoms with Gasteiger partial charge < -0.3 is 4.74 Å². The number of imide groups is 1. The monoisotopic (exact) mass is 349 g/mol. The van der Waals surface area contributed by atoms with Gasteiger partial charge in [0, 0.05) is 6.42 Å². The Morgan fingerprint density at radius 2 is 1.91 bits per heavy atom. The SMILES string of the molecule is COc1ccc(CN2C(=O)CCC(OSC(F)(F)F)C2=O)cc1. The molecule has 1 saturated heterocycles. The van der Waals surface area contributed by atoms with E-state index in [4.69, 9.17) is 4.74 Å². The lowest BCUT2D eigenvalue weighted by Gasteiger charge is -2.30. The number of hydrogen-bond acceptors (Lipinski definition) is 5. The summed E-state index contributed by atoms with van der Waals surface area (Å²) in [6.45, 7) is -0.0157. The van der Waals surface area contributed by atoms with Gasteiger partial charge in [-0.2, -0.15) is 13.2 Å². The quantitative estimate of drug-likeness (QED) is 0.604. The minimum atomic E-state index is -4.59. The van der Waals surface area contributed by atoms with Crippen molar-refractivity contribution in [2.24, 2.45) is 0 Å². The second-order valence-electron chi connectivity index (χ2n) is 4.82. The van der Waals surface area contributed by atoms with Gasteiger partial charge in [-0.1, -0.05) is 12.1 Å². The summed E-state index contributed by atoms with van der Waals surface area (Å²) in [5.74, 6) is -0.565. The molecule has 1 unspecified atom stereocenters. The number of likely N-dealkylation sites (tertiary alicyclic amines) is 1. The summed E-state index contributed by atoms with van der Waals surface area (Å²) >= 11 is -0.717. The van der Waals surface area contributed by atoms with Crippen molar-refractivity contribution in [1.29, 1.82) is 0 Å². The maximum absolute atomic E-state index is 12.2. The number of halogens is 3. The van der Waals surface area contributed by atoms with Crippen LogP contribution in [-0.2, 0) is 20.3 Å². The molecule has 5 nitrogen and oxygen atoms in total. The average molecular weight is 349 g/mol. The van der Waals surface area contributed by atoms with E-state index in [9.17, 15) is 22.8 Å². The summed E-state index contributed by atoms with van der Waals surface area (Å²) in [6, 6.07) is 6.69. The first kappa shape index (κ1) is 17.6. The fourth-order valence-corrected chi connectivity index (χ4v) is 2.50. The normalized spacial score (nSPS) is 19.1. The van der Waals surface area contributed by atoms with Crippen molar-refractivity contribution in [3.8, 4) is 5.75 Å². The summed E-state index contributed by atoms with van der Waals surface area (Å²) in [5, 5.41) is 0. The fraction of sp³-hybridized carbons (Fsp3) is 0.429. The van der Waals surface area contributed by atoms with Crippen LogP contribution >= 0.6 is 12.0 Å². The van der Waals surface area contributed by atoms with Gasteiger partial charge in [-0.05, 0) is 24.1 Å². The fourth-order valence-electron chi connectivity index (χ4n) is 2.09. The van der Waals surface area contributed by atoms with Crippen LogP contribution in [0, 0.1) is 0 Å². The van der Waals surface area contributed by atoms with Crippen molar-refractivity contribution in [2.45, 2.75) is 31.0 Å². The van der Waals surface area contributed by atoms with Gasteiger partial charge in [-0.15, -0.1) is 0 Å². The Labute approximate surface area is 134 Å². The van der Waals surface area contributed by atoms with Gasteiger partial charge in [0.1, 0.15) is 17.8 Å². The molecule has 1 aromatic carbocycles. The van der Waals surface area contributed by atoms with E-state index >= 15 is 0 Å². The molecule has 2 rings (SSSR count). The van der Waals surface area contributed by atoms with E-state index in [1.54, 1.807) is 24.3 Å². The van der Waals surface area contributed by atoms with Crippen LogP contribution in [0.1, 0.15) is 18.4 Å². The Morgan fingerprint density at radius 1 is 1.26 bits per heavy atom. The number of ether oxygens (including phenoxy) is 1. The highest BCUT2D eigenvalue weighted by Gasteiger charge is 2.39. The first-order valence-corrected chi connectivity index (χ1v) is 7.42. The molecule has 23 heavy (non-hydrogen) atoms. The number of piperidine rings is 1. The molecule has 0 radical (unpaired) electrons. The first-order valence-electron chi connectivity index (χ1n) is 6.68. The number of carbonyl (C=O) groups is 2. The molecule has 0 spiro atoms. The molecule has 0 bridgehead atoms. The molecular weight excluding hydrogens is 335 g/mol. The number of benzene rings is 1. The smallest absolute Gasteiger partial charge is 0.468 e. The average Bonchev–Trinajstić information content (AvgIpc) is 2.50. The molecule has 2 amide bonds. The molecule has 1 aliphatic rings. The second-order valence-corrected chi connectivity index (χ2v) is 5.64. The van der Waals surface area contributed by atoms with Gasteiger partial charge in [-0.3, -0.25) is 18.7 Å². The van der Waals surface area contributed by atoms with E-state index in [-0.39, 0.29) is 19.4 Å². The zero-order chi connectivity index (χ0) is 17.0. The zero-order valence-electron chi connectivity index (χ0n) is 12.1. The molecule has 1 fully saturated rings. The minimum Gasteiger partial charge on any atom is -0.497 e. The van der Waals surface area contributed by atoms with Crippen LogP contribution in [0.3, 0.4) is 0 Å². The summed E-state index contributed by atoms with van der Waals surface area (Å²) in [6.07, 6.45) is -1.37. The first-order chi connectivity index (χ1) is 10.8. The summed E-state index contributed by atoms with van der Waals surface area (Å²) in [7, 11) is 1.51. The lowest BCUT2D eigenvalue weighted by atomic mass is 10.1. The third-order valence-corrected chi connectivity index (χ3v) is 3.74. The Bertz CT molecular complexity index is 576. The van der Waals surface area contributed by atoms with E-state index in [2.05, 4.69) is 4.18 Å². The van der Waals surface area contributed by atoms with Crippen LogP contribution in [0.5, 0.6) is 5.75 Å². The molecule has 0 aromatic heterocycles. The maximum atomic E-state index is 12.2. The summed E-state index contributed by atoms with van der Waals surface area (Å²) in [4.78, 5) is 25.0. The van der Waals surface area contributed by atoms with Crippen LogP contribution < -0.4 is 4.74 Å². The number of nitrogens with zero attached hydrogens (tertiary/aromatic N) is 1. The van der Waals surface area contributed by atoms with Gasteiger partial charge in [0.15, 0.2) is 6.10 Å². The van der Waals surface area contributed by atoms with Crippen LogP contribution in [0.4, 0.5) is 13.2 Å². The molecule has 1 aromatic rings. The minimum absolute atomic E-state index is 0.0157. The van der Waals surface area contributed by atoms with E-state index < -0.39 is 35.5 Å². The number of amides is 2. The third kappa shape index (κ3) is 4.87. The topological polar surface area (TPSA) is 55.8 Å². The number of methoxy groups -OCH3 is 1. The third-order valence-electron chi connectivity index (χ3n) is 3.22. The van der Waals surface area contributed by atoms with Gasteiger partial charge in [-0.25, -0.2) is 0 Å². The van der Waals surface area contributed by atoms with Gasteiger partial charge in [0.2, 0.25) is 5.91 Å². The van der Waals surface area contributed by atoms with E-state index in [0.29, 0.717) is 11.3 Å². The van der Waals surface area contributed by atoms with Crippen molar-refractivity contribution in [3.63, 3.8) is 0 Å². The molecule has 1 aliphatic heterocycles. The van der Waals surface area contributed by atoms with E-state index in [1.165, 1.54) is 7.11 Å². The van der Waals surface area contributed by atoms with Crippen molar-refractivity contribution in [1.82, 2.24) is 4.90 Å². The number of alkyl halides is 3. The largest absolute Gasteiger partial charge is 0.497 e. The van der Waals surface area contributed by atoms with Crippen molar-refractivity contribution >= 4 is 23.9 Å². The Balaban J connectivity index is 2.03. The number of hydrogen-bond donors (Lipinski definition) is 0. The van der Waals surface area contributed by atoms with Crippen molar-refractivity contribution in [2.75, 3.05) is 7.11 Å². The number of rotatable bonds is 5. The highest BCUT2D eigenvalue weighted by Crippen LogP contribution is 2.34. The summed E-state index contributed by atoms with van der Waals surface area (Å²) < 4.78 is 46.0. The van der Waals surface area contributed by atoms with E-state index in [0.717, 1.165) is 4.90 Å². The van der Waals surface area contributed by atoms with Crippen molar-refractivity contribution in [3.05, 3.63) is 29.8 Å². The molecule has 1 atom stereocenters. The van der Waals surface area contributed by atoms with Crippen LogP contribution in [0.2, 0.25) is 0 Å². The molecular formula is C14H14F3NO4S. The van der Waals surface area contributed by atoms with Crippen molar-refractivity contribution < 1.29 is 31.7 Å². The molecule has 0 aliphatic carbocycles. The lowest BCUT2D eigenvalue weighted by molar-refractivity contribution is -0.155. The molecule has 0 N–H and O–H groups in total. The molecule has 9 heteroatoms.